The number of carbonyl (C=O) groups excluding carboxylic acids is 2. The van der Waals surface area contributed by atoms with Gasteiger partial charge < -0.3 is 14.8 Å². The molecule has 0 unspecified atom stereocenters. The van der Waals surface area contributed by atoms with Crippen LogP contribution in [-0.4, -0.2) is 45.2 Å². The van der Waals surface area contributed by atoms with Crippen LogP contribution >= 0.6 is 0 Å². The van der Waals surface area contributed by atoms with Crippen LogP contribution in [-0.2, 0) is 16.0 Å². The Morgan fingerprint density at radius 1 is 1.08 bits per heavy atom. The Hall–Kier alpha value is -2.30. The predicted octanol–water partition coefficient (Wildman–Crippen LogP) is 3.16. The molecule has 1 aromatic heterocycles. The summed E-state index contributed by atoms with van der Waals surface area (Å²) in [7, 11) is 0. The summed E-state index contributed by atoms with van der Waals surface area (Å²) in [6, 6.07) is 8.06. The minimum atomic E-state index is -0.347. The summed E-state index contributed by atoms with van der Waals surface area (Å²) in [5.74, 6) is 0.247. The maximum absolute atomic E-state index is 13.3. The standard InChI is InChI=1S/C21H25N3O2/c1-13-20-16(15-9-5-6-10-17(15)22-20)11-18-21(26)23(12-19(25)24(13)18)14-7-3-2-4-8-14/h5-6,9-10,13-14,18,22H,2-4,7-8,11-12H2,1H3/t13-,18-/m0/s1. The van der Waals surface area contributed by atoms with Crippen molar-refractivity contribution in [2.75, 3.05) is 6.54 Å². The van der Waals surface area contributed by atoms with Gasteiger partial charge in [-0.15, -0.1) is 0 Å². The molecule has 2 aromatic rings. The van der Waals surface area contributed by atoms with Gasteiger partial charge in [-0.1, -0.05) is 37.5 Å². The molecule has 3 heterocycles. The van der Waals surface area contributed by atoms with Gasteiger partial charge in [0.2, 0.25) is 11.8 Å². The van der Waals surface area contributed by atoms with E-state index in [9.17, 15) is 9.59 Å². The van der Waals surface area contributed by atoms with Crippen LogP contribution in [0.2, 0.25) is 0 Å². The van der Waals surface area contributed by atoms with Gasteiger partial charge in [-0.2, -0.15) is 0 Å². The number of piperazine rings is 1. The van der Waals surface area contributed by atoms with E-state index in [4.69, 9.17) is 0 Å². The summed E-state index contributed by atoms with van der Waals surface area (Å²) in [5.41, 5.74) is 3.39. The van der Waals surface area contributed by atoms with Crippen molar-refractivity contribution in [1.29, 1.82) is 0 Å². The van der Waals surface area contributed by atoms with Crippen molar-refractivity contribution in [1.82, 2.24) is 14.8 Å². The van der Waals surface area contributed by atoms with E-state index in [1.807, 2.05) is 28.9 Å². The Kier molecular flexibility index (Phi) is 3.59. The monoisotopic (exact) mass is 351 g/mol. The molecule has 2 atom stereocenters. The summed E-state index contributed by atoms with van der Waals surface area (Å²) in [6.07, 6.45) is 6.29. The van der Waals surface area contributed by atoms with Gasteiger partial charge in [0.05, 0.1) is 6.04 Å². The van der Waals surface area contributed by atoms with Crippen LogP contribution in [0.5, 0.6) is 0 Å². The number of fused-ring (bicyclic) bond motifs is 4. The second-order valence-corrected chi connectivity index (χ2v) is 8.02. The Labute approximate surface area is 153 Å². The van der Waals surface area contributed by atoms with Crippen molar-refractivity contribution in [3.8, 4) is 0 Å². The van der Waals surface area contributed by atoms with E-state index in [2.05, 4.69) is 17.1 Å². The SMILES string of the molecule is C[C@H]1c2[nH]c3ccccc3c2C[C@H]2C(=O)N(C3CCCCC3)CC(=O)N21. The number of rotatable bonds is 1. The number of nitrogens with zero attached hydrogens (tertiary/aromatic N) is 2. The lowest BCUT2D eigenvalue weighted by Gasteiger charge is -2.48. The topological polar surface area (TPSA) is 56.4 Å². The molecule has 2 amide bonds. The zero-order valence-corrected chi connectivity index (χ0v) is 15.2. The number of aromatic amines is 1. The number of benzene rings is 1. The molecule has 0 bridgehead atoms. The van der Waals surface area contributed by atoms with Gasteiger partial charge in [0.15, 0.2) is 0 Å². The number of carbonyl (C=O) groups is 2. The van der Waals surface area contributed by atoms with E-state index < -0.39 is 0 Å². The quantitative estimate of drug-likeness (QED) is 0.858. The Morgan fingerprint density at radius 3 is 2.65 bits per heavy atom. The second-order valence-electron chi connectivity index (χ2n) is 8.02. The Bertz CT molecular complexity index is 881. The highest BCUT2D eigenvalue weighted by Gasteiger charge is 2.47. The second kappa shape index (κ2) is 5.86. The molecule has 2 fully saturated rings. The van der Waals surface area contributed by atoms with Crippen LogP contribution in [0.3, 0.4) is 0 Å². The van der Waals surface area contributed by atoms with Gasteiger partial charge in [-0.3, -0.25) is 9.59 Å². The fraction of sp³-hybridized carbons (Fsp3) is 0.524. The molecule has 0 spiro atoms. The summed E-state index contributed by atoms with van der Waals surface area (Å²) in [6.45, 7) is 2.29. The summed E-state index contributed by atoms with van der Waals surface area (Å²) >= 11 is 0. The number of amides is 2. The molecular weight excluding hydrogens is 326 g/mol. The third-order valence-electron chi connectivity index (χ3n) is 6.59. The Balaban J connectivity index is 1.53. The minimum absolute atomic E-state index is 0.0823. The van der Waals surface area contributed by atoms with E-state index in [0.717, 1.165) is 24.1 Å². The van der Waals surface area contributed by atoms with Crippen LogP contribution in [0.25, 0.3) is 10.9 Å². The molecule has 2 aliphatic heterocycles. The summed E-state index contributed by atoms with van der Waals surface area (Å²) in [4.78, 5) is 33.5. The highest BCUT2D eigenvalue weighted by molar-refractivity contribution is 5.97. The number of para-hydroxylation sites is 1. The summed E-state index contributed by atoms with van der Waals surface area (Å²) < 4.78 is 0. The van der Waals surface area contributed by atoms with Gasteiger partial charge in [0.25, 0.3) is 0 Å². The first-order valence-electron chi connectivity index (χ1n) is 9.86. The Morgan fingerprint density at radius 2 is 1.85 bits per heavy atom. The highest BCUT2D eigenvalue weighted by atomic mass is 16.2. The van der Waals surface area contributed by atoms with Crippen LogP contribution in [0.4, 0.5) is 0 Å². The van der Waals surface area contributed by atoms with E-state index >= 15 is 0 Å². The molecule has 5 nitrogen and oxygen atoms in total. The van der Waals surface area contributed by atoms with Crippen LogP contribution in [0.15, 0.2) is 24.3 Å². The third-order valence-corrected chi connectivity index (χ3v) is 6.59. The highest BCUT2D eigenvalue weighted by Crippen LogP contribution is 2.39. The first-order chi connectivity index (χ1) is 12.6. The molecule has 26 heavy (non-hydrogen) atoms. The van der Waals surface area contributed by atoms with Crippen molar-refractivity contribution < 1.29 is 9.59 Å². The fourth-order valence-corrected chi connectivity index (χ4v) is 5.29. The smallest absolute Gasteiger partial charge is 0.246 e. The largest absolute Gasteiger partial charge is 0.356 e. The lowest BCUT2D eigenvalue weighted by atomic mass is 9.87. The number of hydrogen-bond donors (Lipinski definition) is 1. The molecule has 0 radical (unpaired) electrons. The summed E-state index contributed by atoms with van der Waals surface area (Å²) in [5, 5.41) is 1.18. The molecule has 136 valence electrons. The number of nitrogens with one attached hydrogen (secondary N) is 1. The molecular formula is C21H25N3O2. The van der Waals surface area contributed by atoms with Crippen LogP contribution in [0.1, 0.15) is 56.3 Å². The van der Waals surface area contributed by atoms with E-state index in [1.54, 1.807) is 0 Å². The molecule has 1 saturated carbocycles. The number of H-pyrrole nitrogens is 1. The fourth-order valence-electron chi connectivity index (χ4n) is 5.29. The first-order valence-corrected chi connectivity index (χ1v) is 9.86. The molecule has 1 N–H and O–H groups in total. The van der Waals surface area contributed by atoms with Gasteiger partial charge in [-0.25, -0.2) is 0 Å². The van der Waals surface area contributed by atoms with E-state index in [0.29, 0.717) is 6.42 Å². The molecule has 1 saturated heterocycles. The normalized spacial score (nSPS) is 27.0. The van der Waals surface area contributed by atoms with Crippen LogP contribution < -0.4 is 0 Å². The van der Waals surface area contributed by atoms with Gasteiger partial charge in [-0.05, 0) is 31.4 Å². The molecule has 3 aliphatic rings. The van der Waals surface area contributed by atoms with E-state index in [-0.39, 0.29) is 36.5 Å². The lowest BCUT2D eigenvalue weighted by molar-refractivity contribution is -0.162. The maximum atomic E-state index is 13.3. The molecule has 1 aromatic carbocycles. The third kappa shape index (κ3) is 2.22. The van der Waals surface area contributed by atoms with Crippen molar-refractivity contribution in [2.45, 2.75) is 63.6 Å². The average Bonchev–Trinajstić information content (AvgIpc) is 3.04. The molecule has 5 rings (SSSR count). The van der Waals surface area contributed by atoms with Crippen LogP contribution in [0, 0.1) is 0 Å². The first kappa shape index (κ1) is 15.9. The van der Waals surface area contributed by atoms with Gasteiger partial charge >= 0.3 is 0 Å². The van der Waals surface area contributed by atoms with E-state index in [1.165, 1.54) is 30.2 Å². The number of aromatic nitrogens is 1. The van der Waals surface area contributed by atoms with Gasteiger partial charge in [0, 0.05) is 29.1 Å². The van der Waals surface area contributed by atoms with Crippen molar-refractivity contribution >= 4 is 22.7 Å². The van der Waals surface area contributed by atoms with Crippen molar-refractivity contribution in [3.63, 3.8) is 0 Å². The van der Waals surface area contributed by atoms with Gasteiger partial charge in [0.1, 0.15) is 12.6 Å². The minimum Gasteiger partial charge on any atom is -0.356 e. The zero-order chi connectivity index (χ0) is 17.8. The zero-order valence-electron chi connectivity index (χ0n) is 15.2. The lowest BCUT2D eigenvalue weighted by Crippen LogP contribution is -2.64. The van der Waals surface area contributed by atoms with Crippen molar-refractivity contribution in [3.05, 3.63) is 35.5 Å². The predicted molar refractivity (Wildman–Crippen MR) is 99.6 cm³/mol. The maximum Gasteiger partial charge on any atom is 0.246 e. The molecule has 1 aliphatic carbocycles. The average molecular weight is 351 g/mol. The van der Waals surface area contributed by atoms with Crippen molar-refractivity contribution in [2.24, 2.45) is 0 Å². The molecule has 5 heteroatoms. The number of hydrogen-bond acceptors (Lipinski definition) is 2.